The normalized spacial score (nSPS) is 10.3. The Bertz CT molecular complexity index is 490. The second kappa shape index (κ2) is 6.63. The molecule has 0 aliphatic carbocycles. The number of nitrogens with one attached hydrogen (secondary N) is 1. The summed E-state index contributed by atoms with van der Waals surface area (Å²) in [6, 6.07) is 7.23. The predicted molar refractivity (Wildman–Crippen MR) is 64.6 cm³/mol. The Morgan fingerprint density at radius 3 is 2.26 bits per heavy atom. The van der Waals surface area contributed by atoms with Crippen LogP contribution in [0.5, 0.6) is 0 Å². The van der Waals surface area contributed by atoms with Crippen LogP contribution in [0.2, 0.25) is 0 Å². The Labute approximate surface area is 108 Å². The molecule has 1 aromatic heterocycles. The van der Waals surface area contributed by atoms with Crippen molar-refractivity contribution in [1.29, 1.82) is 0 Å². The van der Waals surface area contributed by atoms with Crippen molar-refractivity contribution < 1.29 is 22.4 Å². The first-order valence-corrected chi connectivity index (χ1v) is 5.30. The van der Waals surface area contributed by atoms with Gasteiger partial charge in [-0.05, 0) is 36.8 Å². The van der Waals surface area contributed by atoms with Gasteiger partial charge in [0.05, 0.1) is 23.8 Å². The molecular formula is C13H12F3NO2. The SMILES string of the molecule is Cc1ccc(C(F)(F)F)c(NC=O)c1.c1ccoc1. The van der Waals surface area contributed by atoms with Gasteiger partial charge in [-0.2, -0.15) is 13.2 Å². The van der Waals surface area contributed by atoms with Crippen LogP contribution in [0.4, 0.5) is 18.9 Å². The first kappa shape index (κ1) is 14.8. The number of halogens is 3. The van der Waals surface area contributed by atoms with Crippen molar-refractivity contribution in [3.8, 4) is 0 Å². The zero-order chi connectivity index (χ0) is 14.3. The number of carbonyl (C=O) groups excluding carboxylic acids is 1. The van der Waals surface area contributed by atoms with Gasteiger partial charge < -0.3 is 9.73 Å². The molecule has 0 atom stereocenters. The van der Waals surface area contributed by atoms with Crippen molar-refractivity contribution in [2.75, 3.05) is 5.32 Å². The Morgan fingerprint density at radius 1 is 1.21 bits per heavy atom. The third kappa shape index (κ3) is 4.87. The minimum atomic E-state index is -4.45. The van der Waals surface area contributed by atoms with E-state index in [1.54, 1.807) is 19.5 Å². The fraction of sp³-hybridized carbons (Fsp3) is 0.154. The Hall–Kier alpha value is -2.24. The lowest BCUT2D eigenvalue weighted by atomic mass is 10.1. The van der Waals surface area contributed by atoms with E-state index in [2.05, 4.69) is 4.42 Å². The third-order valence-electron chi connectivity index (χ3n) is 2.12. The standard InChI is InChI=1S/C9H8F3NO.C4H4O/c1-6-2-3-7(9(10,11)12)8(4-6)13-5-14;1-2-4-5-3-1/h2-5H,1H3,(H,13,14);1-4H. The van der Waals surface area contributed by atoms with Crippen molar-refractivity contribution in [3.63, 3.8) is 0 Å². The number of hydrogen-bond donors (Lipinski definition) is 1. The second-order valence-electron chi connectivity index (χ2n) is 3.60. The van der Waals surface area contributed by atoms with Gasteiger partial charge in [0.1, 0.15) is 0 Å². The molecule has 102 valence electrons. The molecule has 1 aromatic carbocycles. The molecule has 3 nitrogen and oxygen atoms in total. The fourth-order valence-corrected chi connectivity index (χ4v) is 1.31. The molecule has 6 heteroatoms. The highest BCUT2D eigenvalue weighted by atomic mass is 19.4. The minimum Gasteiger partial charge on any atom is -0.473 e. The Balaban J connectivity index is 0.000000300. The van der Waals surface area contributed by atoms with Gasteiger partial charge >= 0.3 is 6.18 Å². The summed E-state index contributed by atoms with van der Waals surface area (Å²) < 4.78 is 41.6. The molecule has 0 fully saturated rings. The highest BCUT2D eigenvalue weighted by molar-refractivity contribution is 5.74. The van der Waals surface area contributed by atoms with E-state index in [4.69, 9.17) is 0 Å². The number of alkyl halides is 3. The summed E-state index contributed by atoms with van der Waals surface area (Å²) in [6.45, 7) is 1.65. The van der Waals surface area contributed by atoms with Crippen molar-refractivity contribution in [2.24, 2.45) is 0 Å². The van der Waals surface area contributed by atoms with Crippen LogP contribution >= 0.6 is 0 Å². The molecule has 0 bridgehead atoms. The lowest BCUT2D eigenvalue weighted by Crippen LogP contribution is -2.10. The van der Waals surface area contributed by atoms with E-state index in [1.807, 2.05) is 17.4 Å². The van der Waals surface area contributed by atoms with Crippen LogP contribution in [0.25, 0.3) is 0 Å². The number of anilines is 1. The van der Waals surface area contributed by atoms with Gasteiger partial charge in [-0.25, -0.2) is 0 Å². The number of hydrogen-bond acceptors (Lipinski definition) is 2. The van der Waals surface area contributed by atoms with Crippen molar-refractivity contribution >= 4 is 12.1 Å². The highest BCUT2D eigenvalue weighted by Gasteiger charge is 2.33. The maximum Gasteiger partial charge on any atom is 0.418 e. The van der Waals surface area contributed by atoms with E-state index in [9.17, 15) is 18.0 Å². The average molecular weight is 271 g/mol. The fourth-order valence-electron chi connectivity index (χ4n) is 1.31. The predicted octanol–water partition coefficient (Wildman–Crippen LogP) is 3.86. The molecule has 1 heterocycles. The summed E-state index contributed by atoms with van der Waals surface area (Å²) in [5.74, 6) is 0. The molecule has 1 N–H and O–H groups in total. The van der Waals surface area contributed by atoms with E-state index >= 15 is 0 Å². The van der Waals surface area contributed by atoms with E-state index in [-0.39, 0.29) is 12.1 Å². The number of aryl methyl sites for hydroxylation is 1. The second-order valence-corrected chi connectivity index (χ2v) is 3.60. The van der Waals surface area contributed by atoms with Gasteiger partial charge in [-0.1, -0.05) is 6.07 Å². The van der Waals surface area contributed by atoms with Gasteiger partial charge in [0, 0.05) is 0 Å². The summed E-state index contributed by atoms with van der Waals surface area (Å²) in [4.78, 5) is 10.1. The zero-order valence-corrected chi connectivity index (χ0v) is 10.1. The topological polar surface area (TPSA) is 42.2 Å². The van der Waals surface area contributed by atoms with Crippen LogP contribution in [0.1, 0.15) is 11.1 Å². The van der Waals surface area contributed by atoms with Gasteiger partial charge in [0.15, 0.2) is 0 Å². The van der Waals surface area contributed by atoms with Crippen molar-refractivity contribution in [1.82, 2.24) is 0 Å². The van der Waals surface area contributed by atoms with Gasteiger partial charge in [-0.15, -0.1) is 0 Å². The van der Waals surface area contributed by atoms with Gasteiger partial charge in [0.25, 0.3) is 0 Å². The largest absolute Gasteiger partial charge is 0.473 e. The van der Waals surface area contributed by atoms with E-state index < -0.39 is 11.7 Å². The molecule has 0 aliphatic heterocycles. The first-order valence-electron chi connectivity index (χ1n) is 5.30. The first-order chi connectivity index (χ1) is 8.95. The molecule has 19 heavy (non-hydrogen) atoms. The van der Waals surface area contributed by atoms with Crippen LogP contribution in [0.3, 0.4) is 0 Å². The molecule has 2 aromatic rings. The van der Waals surface area contributed by atoms with Crippen LogP contribution in [-0.2, 0) is 11.0 Å². The van der Waals surface area contributed by atoms with Gasteiger partial charge in [-0.3, -0.25) is 4.79 Å². The number of rotatable bonds is 2. The van der Waals surface area contributed by atoms with Gasteiger partial charge in [0.2, 0.25) is 6.41 Å². The number of benzene rings is 1. The van der Waals surface area contributed by atoms with E-state index in [0.717, 1.165) is 6.07 Å². The number of carbonyl (C=O) groups is 1. The van der Waals surface area contributed by atoms with Crippen LogP contribution in [0.15, 0.2) is 47.3 Å². The molecule has 1 amide bonds. The summed E-state index contributed by atoms with van der Waals surface area (Å²) >= 11 is 0. The molecule has 0 spiro atoms. The quantitative estimate of drug-likeness (QED) is 0.843. The highest BCUT2D eigenvalue weighted by Crippen LogP contribution is 2.34. The smallest absolute Gasteiger partial charge is 0.418 e. The average Bonchev–Trinajstić information content (AvgIpc) is 2.86. The maximum atomic E-state index is 12.3. The molecular weight excluding hydrogens is 259 g/mol. The molecule has 0 saturated heterocycles. The lowest BCUT2D eigenvalue weighted by Gasteiger charge is -2.12. The maximum absolute atomic E-state index is 12.3. The van der Waals surface area contributed by atoms with Crippen LogP contribution in [0, 0.1) is 6.92 Å². The Morgan fingerprint density at radius 2 is 1.84 bits per heavy atom. The monoisotopic (exact) mass is 271 g/mol. The minimum absolute atomic E-state index is 0.215. The Kier molecular flexibility index (Phi) is 5.17. The third-order valence-corrected chi connectivity index (χ3v) is 2.12. The van der Waals surface area contributed by atoms with Crippen LogP contribution < -0.4 is 5.32 Å². The summed E-state index contributed by atoms with van der Waals surface area (Å²) in [7, 11) is 0. The zero-order valence-electron chi connectivity index (χ0n) is 10.1. The summed E-state index contributed by atoms with van der Waals surface area (Å²) in [5.41, 5.74) is -0.398. The number of furan rings is 1. The van der Waals surface area contributed by atoms with Crippen molar-refractivity contribution in [2.45, 2.75) is 13.1 Å². The lowest BCUT2D eigenvalue weighted by molar-refractivity contribution is -0.136. The molecule has 2 rings (SSSR count). The van der Waals surface area contributed by atoms with Crippen LogP contribution in [-0.4, -0.2) is 6.41 Å². The summed E-state index contributed by atoms with van der Waals surface area (Å²) in [5, 5.41) is 2.02. The van der Waals surface area contributed by atoms with E-state index in [0.29, 0.717) is 5.56 Å². The molecule has 0 radical (unpaired) electrons. The van der Waals surface area contributed by atoms with E-state index in [1.165, 1.54) is 12.1 Å². The number of amides is 1. The van der Waals surface area contributed by atoms with Crippen molar-refractivity contribution in [3.05, 3.63) is 54.0 Å². The molecule has 0 unspecified atom stereocenters. The molecule has 0 saturated carbocycles. The molecule has 0 aliphatic rings. The summed E-state index contributed by atoms with van der Waals surface area (Å²) in [6.07, 6.45) is -0.969.